The van der Waals surface area contributed by atoms with Crippen LogP contribution in [0.4, 0.5) is 11.4 Å². The quantitative estimate of drug-likeness (QED) is 0.840. The Morgan fingerprint density at radius 2 is 2.15 bits per heavy atom. The highest BCUT2D eigenvalue weighted by Gasteiger charge is 2.51. The van der Waals surface area contributed by atoms with Crippen molar-refractivity contribution >= 4 is 29.3 Å². The zero-order chi connectivity index (χ0) is 14.5. The fourth-order valence-corrected chi connectivity index (χ4v) is 3.53. The van der Waals surface area contributed by atoms with E-state index in [2.05, 4.69) is 26.1 Å². The van der Waals surface area contributed by atoms with Crippen LogP contribution in [0.15, 0.2) is 23.2 Å². The van der Waals surface area contributed by atoms with Gasteiger partial charge in [0, 0.05) is 35.2 Å². The zero-order valence-corrected chi connectivity index (χ0v) is 12.0. The van der Waals surface area contributed by atoms with Crippen LogP contribution in [-0.4, -0.2) is 17.9 Å². The van der Waals surface area contributed by atoms with Crippen molar-refractivity contribution in [3.05, 3.63) is 23.8 Å². The lowest BCUT2D eigenvalue weighted by Gasteiger charge is -2.39. The molecule has 0 aromatic heterocycles. The van der Waals surface area contributed by atoms with Crippen molar-refractivity contribution in [1.29, 1.82) is 0 Å². The lowest BCUT2D eigenvalue weighted by molar-refractivity contribution is -0.117. The summed E-state index contributed by atoms with van der Waals surface area (Å²) in [5.41, 5.74) is 2.88. The van der Waals surface area contributed by atoms with Gasteiger partial charge in [0.25, 0.3) is 0 Å². The van der Waals surface area contributed by atoms with Gasteiger partial charge in [0.1, 0.15) is 6.29 Å². The molecule has 104 valence electrons. The molecule has 1 unspecified atom stereocenters. The number of aliphatic imine (C=N–C) groups is 1. The van der Waals surface area contributed by atoms with E-state index in [4.69, 9.17) is 4.99 Å². The normalized spacial score (nSPS) is 23.9. The summed E-state index contributed by atoms with van der Waals surface area (Å²) in [7, 11) is 0. The van der Waals surface area contributed by atoms with Crippen molar-refractivity contribution in [1.82, 2.24) is 0 Å². The first kappa shape index (κ1) is 13.0. The third-order valence-electron chi connectivity index (χ3n) is 4.09. The molecule has 20 heavy (non-hydrogen) atoms. The van der Waals surface area contributed by atoms with E-state index < -0.39 is 5.41 Å². The molecular formula is C16H18N2O2. The SMILES string of the molecule is CC(C)(C)C1=Nc2cccc3c2C1(CC=O)CC(=O)N3. The summed E-state index contributed by atoms with van der Waals surface area (Å²) in [4.78, 5) is 28.1. The Balaban J connectivity index is 2.30. The summed E-state index contributed by atoms with van der Waals surface area (Å²) in [6.45, 7) is 6.24. The Bertz CT molecular complexity index is 640. The van der Waals surface area contributed by atoms with Crippen LogP contribution in [0.1, 0.15) is 39.2 Å². The first-order valence-electron chi connectivity index (χ1n) is 6.85. The van der Waals surface area contributed by atoms with Crippen LogP contribution < -0.4 is 5.32 Å². The number of hydrogen-bond donors (Lipinski definition) is 1. The maximum Gasteiger partial charge on any atom is 0.225 e. The van der Waals surface area contributed by atoms with Gasteiger partial charge in [-0.05, 0) is 12.1 Å². The minimum absolute atomic E-state index is 0.0460. The molecule has 0 bridgehead atoms. The van der Waals surface area contributed by atoms with Crippen LogP contribution in [0.2, 0.25) is 0 Å². The van der Waals surface area contributed by atoms with Crippen molar-refractivity contribution in [2.24, 2.45) is 10.4 Å². The molecule has 0 saturated carbocycles. The molecule has 2 heterocycles. The molecule has 0 spiro atoms. The summed E-state index contributed by atoms with van der Waals surface area (Å²) in [6.07, 6.45) is 1.51. The molecule has 4 nitrogen and oxygen atoms in total. The molecule has 1 N–H and O–H groups in total. The summed E-state index contributed by atoms with van der Waals surface area (Å²) in [6, 6.07) is 5.73. The second-order valence-corrected chi connectivity index (χ2v) is 6.59. The van der Waals surface area contributed by atoms with Gasteiger partial charge >= 0.3 is 0 Å². The van der Waals surface area contributed by atoms with Crippen LogP contribution in [0, 0.1) is 5.41 Å². The topological polar surface area (TPSA) is 58.5 Å². The lowest BCUT2D eigenvalue weighted by Crippen LogP contribution is -2.46. The molecule has 0 radical (unpaired) electrons. The average Bonchev–Trinajstić information content (AvgIpc) is 2.65. The van der Waals surface area contributed by atoms with Gasteiger partial charge in [-0.25, -0.2) is 0 Å². The van der Waals surface area contributed by atoms with E-state index >= 15 is 0 Å². The molecule has 1 aromatic rings. The molecule has 0 fully saturated rings. The van der Waals surface area contributed by atoms with E-state index in [1.807, 2.05) is 18.2 Å². The van der Waals surface area contributed by atoms with Crippen molar-refractivity contribution < 1.29 is 9.59 Å². The van der Waals surface area contributed by atoms with Crippen molar-refractivity contribution in [2.75, 3.05) is 5.32 Å². The van der Waals surface area contributed by atoms with Gasteiger partial charge in [0.05, 0.1) is 11.1 Å². The van der Waals surface area contributed by atoms with Gasteiger partial charge in [0.15, 0.2) is 0 Å². The first-order chi connectivity index (χ1) is 9.38. The number of carbonyl (C=O) groups is 2. The number of aldehydes is 1. The minimum atomic E-state index is -0.561. The van der Waals surface area contributed by atoms with E-state index in [0.717, 1.165) is 28.9 Å². The highest BCUT2D eigenvalue weighted by molar-refractivity contribution is 6.14. The van der Waals surface area contributed by atoms with Crippen LogP contribution >= 0.6 is 0 Å². The van der Waals surface area contributed by atoms with Crippen molar-refractivity contribution in [2.45, 2.75) is 39.0 Å². The number of benzene rings is 1. The maximum absolute atomic E-state index is 12.1. The Labute approximate surface area is 118 Å². The van der Waals surface area contributed by atoms with Gasteiger partial charge in [-0.15, -0.1) is 0 Å². The minimum Gasteiger partial charge on any atom is -0.326 e. The van der Waals surface area contributed by atoms with E-state index in [-0.39, 0.29) is 11.3 Å². The number of rotatable bonds is 2. The molecule has 2 aliphatic rings. The van der Waals surface area contributed by atoms with Crippen molar-refractivity contribution in [3.63, 3.8) is 0 Å². The number of nitrogens with one attached hydrogen (secondary N) is 1. The third-order valence-corrected chi connectivity index (χ3v) is 4.09. The fraction of sp³-hybridized carbons (Fsp3) is 0.438. The van der Waals surface area contributed by atoms with Gasteiger partial charge in [-0.2, -0.15) is 0 Å². The maximum atomic E-state index is 12.1. The van der Waals surface area contributed by atoms with E-state index in [1.165, 1.54) is 0 Å². The predicted molar refractivity (Wildman–Crippen MR) is 78.6 cm³/mol. The fourth-order valence-electron chi connectivity index (χ4n) is 3.53. The Kier molecular flexibility index (Phi) is 2.61. The molecule has 1 atom stereocenters. The van der Waals surface area contributed by atoms with Crippen LogP contribution in [0.25, 0.3) is 0 Å². The second-order valence-electron chi connectivity index (χ2n) is 6.59. The average molecular weight is 270 g/mol. The number of carbonyl (C=O) groups excluding carboxylic acids is 2. The molecular weight excluding hydrogens is 252 g/mol. The van der Waals surface area contributed by atoms with Crippen LogP contribution in [-0.2, 0) is 15.0 Å². The summed E-state index contributed by atoms with van der Waals surface area (Å²) in [5.74, 6) is -0.0460. The van der Waals surface area contributed by atoms with E-state index in [0.29, 0.717) is 12.8 Å². The van der Waals surface area contributed by atoms with Gasteiger partial charge in [-0.1, -0.05) is 26.8 Å². The van der Waals surface area contributed by atoms with E-state index in [9.17, 15) is 9.59 Å². The van der Waals surface area contributed by atoms with Gasteiger partial charge in [0.2, 0.25) is 5.91 Å². The van der Waals surface area contributed by atoms with Gasteiger partial charge in [-0.3, -0.25) is 9.79 Å². The second kappa shape index (κ2) is 4.01. The molecule has 0 saturated heterocycles. The smallest absolute Gasteiger partial charge is 0.225 e. The molecule has 3 rings (SSSR count). The highest BCUT2D eigenvalue weighted by atomic mass is 16.1. The number of hydrogen-bond acceptors (Lipinski definition) is 3. The predicted octanol–water partition coefficient (Wildman–Crippen LogP) is 2.99. The van der Waals surface area contributed by atoms with Crippen molar-refractivity contribution in [3.8, 4) is 0 Å². The Morgan fingerprint density at radius 1 is 1.40 bits per heavy atom. The molecule has 2 aliphatic heterocycles. The Morgan fingerprint density at radius 3 is 2.80 bits per heavy atom. The monoisotopic (exact) mass is 270 g/mol. The number of amides is 1. The Hall–Kier alpha value is -1.97. The summed E-state index contributed by atoms with van der Waals surface area (Å²) < 4.78 is 0. The molecule has 0 aliphatic carbocycles. The summed E-state index contributed by atoms with van der Waals surface area (Å²) in [5, 5.41) is 2.90. The number of nitrogens with zero attached hydrogens (tertiary/aromatic N) is 1. The first-order valence-corrected chi connectivity index (χ1v) is 6.85. The molecule has 4 heteroatoms. The van der Waals surface area contributed by atoms with E-state index in [1.54, 1.807) is 0 Å². The molecule has 1 aromatic carbocycles. The largest absolute Gasteiger partial charge is 0.326 e. The molecule has 1 amide bonds. The third kappa shape index (κ3) is 1.64. The summed E-state index contributed by atoms with van der Waals surface area (Å²) >= 11 is 0. The highest BCUT2D eigenvalue weighted by Crippen LogP contribution is 2.53. The number of anilines is 1. The standard InChI is InChI=1S/C16H18N2O2/c1-15(2,3)14-16(7-8-19)9-12(20)17-10-5-4-6-11(18-14)13(10)16/h4-6,8H,7,9H2,1-3H3,(H,17,20). The zero-order valence-electron chi connectivity index (χ0n) is 12.0. The van der Waals surface area contributed by atoms with Gasteiger partial charge < -0.3 is 10.1 Å². The van der Waals surface area contributed by atoms with Crippen LogP contribution in [0.5, 0.6) is 0 Å². The van der Waals surface area contributed by atoms with Crippen LogP contribution in [0.3, 0.4) is 0 Å². The lowest BCUT2D eigenvalue weighted by atomic mass is 9.64.